The second kappa shape index (κ2) is 9.31. The number of benzene rings is 1. The van der Waals surface area contributed by atoms with E-state index in [1.165, 1.54) is 12.1 Å². The lowest BCUT2D eigenvalue weighted by Crippen LogP contribution is -2.36. The maximum absolute atomic E-state index is 13.0. The molecule has 2 N–H and O–H groups in total. The summed E-state index contributed by atoms with van der Waals surface area (Å²) in [5, 5.41) is 15.2. The van der Waals surface area contributed by atoms with Crippen LogP contribution in [0.1, 0.15) is 33.8 Å². The summed E-state index contributed by atoms with van der Waals surface area (Å²) in [6, 6.07) is 9.09. The van der Waals surface area contributed by atoms with Crippen LogP contribution < -0.4 is 5.32 Å². The van der Waals surface area contributed by atoms with Crippen molar-refractivity contribution >= 4 is 17.3 Å². The van der Waals surface area contributed by atoms with Gasteiger partial charge in [-0.05, 0) is 31.5 Å². The van der Waals surface area contributed by atoms with Gasteiger partial charge < -0.3 is 10.1 Å². The lowest BCUT2D eigenvalue weighted by molar-refractivity contribution is -0.137. The molecule has 0 atom stereocenters. The minimum atomic E-state index is -4.36. The van der Waals surface area contributed by atoms with Crippen molar-refractivity contribution in [1.29, 1.82) is 0 Å². The molecule has 1 aliphatic rings. The van der Waals surface area contributed by atoms with Crippen LogP contribution >= 0.6 is 0 Å². The van der Waals surface area contributed by atoms with Crippen LogP contribution in [0.5, 0.6) is 0 Å². The molecule has 0 unspecified atom stereocenters. The third-order valence-corrected chi connectivity index (χ3v) is 6.07. The Kier molecular flexibility index (Phi) is 6.20. The second-order valence-electron chi connectivity index (χ2n) is 8.75. The maximum atomic E-state index is 13.0. The van der Waals surface area contributed by atoms with Crippen molar-refractivity contribution < 1.29 is 17.9 Å². The van der Waals surface area contributed by atoms with Crippen LogP contribution in [-0.2, 0) is 23.9 Å². The molecule has 1 fully saturated rings. The van der Waals surface area contributed by atoms with E-state index >= 15 is 0 Å². The molecule has 4 heterocycles. The van der Waals surface area contributed by atoms with Crippen LogP contribution in [-0.4, -0.2) is 56.0 Å². The van der Waals surface area contributed by atoms with Gasteiger partial charge in [0.05, 0.1) is 30.2 Å². The number of nitrogens with zero attached hydrogens (tertiary/aromatic N) is 5. The van der Waals surface area contributed by atoms with Gasteiger partial charge in [-0.1, -0.05) is 12.1 Å². The Morgan fingerprint density at radius 3 is 2.46 bits per heavy atom. The Bertz CT molecular complexity index is 1320. The number of aromatic amines is 1. The highest BCUT2D eigenvalue weighted by atomic mass is 19.4. The summed E-state index contributed by atoms with van der Waals surface area (Å²) < 4.78 is 46.3. The molecule has 8 nitrogen and oxygen atoms in total. The highest BCUT2D eigenvalue weighted by molar-refractivity contribution is 5.60. The average Bonchev–Trinajstić information content (AvgIpc) is 3.37. The number of nitrogens with one attached hydrogen (secondary N) is 2. The Morgan fingerprint density at radius 1 is 1.06 bits per heavy atom. The van der Waals surface area contributed by atoms with Crippen molar-refractivity contribution in [2.75, 3.05) is 31.6 Å². The van der Waals surface area contributed by atoms with E-state index < -0.39 is 11.7 Å². The minimum absolute atomic E-state index is 0.419. The van der Waals surface area contributed by atoms with Gasteiger partial charge in [0.15, 0.2) is 11.5 Å². The van der Waals surface area contributed by atoms with E-state index in [9.17, 15) is 13.2 Å². The number of H-pyrrole nitrogens is 1. The zero-order valence-electron chi connectivity index (χ0n) is 19.5. The van der Waals surface area contributed by atoms with Gasteiger partial charge in [-0.3, -0.25) is 10.00 Å². The van der Waals surface area contributed by atoms with E-state index in [1.54, 1.807) is 0 Å². The smallest absolute Gasteiger partial charge is 0.379 e. The predicted molar refractivity (Wildman–Crippen MR) is 125 cm³/mol. The molecule has 0 bridgehead atoms. The van der Waals surface area contributed by atoms with E-state index in [4.69, 9.17) is 14.8 Å². The zero-order chi connectivity index (χ0) is 24.6. The van der Waals surface area contributed by atoms with Crippen molar-refractivity contribution in [1.82, 2.24) is 29.7 Å². The lowest BCUT2D eigenvalue weighted by Gasteiger charge is -2.26. The maximum Gasteiger partial charge on any atom is 0.416 e. The first-order chi connectivity index (χ1) is 16.8. The second-order valence-corrected chi connectivity index (χ2v) is 8.75. The number of alkyl halides is 3. The normalized spacial score (nSPS) is 15.1. The Balaban J connectivity index is 1.52. The van der Waals surface area contributed by atoms with Gasteiger partial charge in [0.25, 0.3) is 0 Å². The number of aryl methyl sites for hydroxylation is 2. The highest BCUT2D eigenvalue weighted by Crippen LogP contribution is 2.30. The van der Waals surface area contributed by atoms with Gasteiger partial charge in [-0.25, -0.2) is 9.50 Å². The standard InChI is InChI=1S/C24H26F3N7O/c1-15-11-22(31-30-15)28-21-13-19(14-33-7-9-35-10-8-33)34-23(29-21)20(16(2)32-34)12-17-3-5-18(6-4-17)24(25,26)27/h3-6,11,13H,7-10,12,14H2,1-2H3,(H2,28,29,30,31). The summed E-state index contributed by atoms with van der Waals surface area (Å²) in [7, 11) is 0. The van der Waals surface area contributed by atoms with Crippen molar-refractivity contribution in [2.24, 2.45) is 0 Å². The Hall–Kier alpha value is -3.44. The van der Waals surface area contributed by atoms with E-state index in [0.29, 0.717) is 43.5 Å². The fourth-order valence-electron chi connectivity index (χ4n) is 4.23. The van der Waals surface area contributed by atoms with Crippen molar-refractivity contribution in [3.63, 3.8) is 0 Å². The quantitative estimate of drug-likeness (QED) is 0.425. The van der Waals surface area contributed by atoms with E-state index in [2.05, 4.69) is 20.4 Å². The number of anilines is 2. The molecule has 5 rings (SSSR count). The molecule has 35 heavy (non-hydrogen) atoms. The fourth-order valence-corrected chi connectivity index (χ4v) is 4.23. The summed E-state index contributed by atoms with van der Waals surface area (Å²) >= 11 is 0. The largest absolute Gasteiger partial charge is 0.416 e. The first-order valence-electron chi connectivity index (χ1n) is 11.4. The molecule has 1 aliphatic heterocycles. The number of morpholine rings is 1. The monoisotopic (exact) mass is 485 g/mol. The first-order valence-corrected chi connectivity index (χ1v) is 11.4. The van der Waals surface area contributed by atoms with Gasteiger partial charge in [-0.2, -0.15) is 23.4 Å². The van der Waals surface area contributed by atoms with E-state index in [-0.39, 0.29) is 0 Å². The highest BCUT2D eigenvalue weighted by Gasteiger charge is 2.30. The molecule has 0 spiro atoms. The van der Waals surface area contributed by atoms with E-state index in [0.717, 1.165) is 53.4 Å². The molecule has 3 aromatic heterocycles. The molecule has 0 saturated carbocycles. The molecule has 184 valence electrons. The number of halogens is 3. The van der Waals surface area contributed by atoms with Crippen LogP contribution in [0.15, 0.2) is 36.4 Å². The molecular formula is C24H26F3N7O. The van der Waals surface area contributed by atoms with Crippen molar-refractivity contribution in [2.45, 2.75) is 33.0 Å². The third-order valence-electron chi connectivity index (χ3n) is 6.07. The molecule has 1 aromatic carbocycles. The number of fused-ring (bicyclic) bond motifs is 1. The number of hydrogen-bond donors (Lipinski definition) is 2. The van der Waals surface area contributed by atoms with Gasteiger partial charge in [0.2, 0.25) is 0 Å². The molecule has 4 aromatic rings. The first kappa shape index (κ1) is 23.3. The van der Waals surface area contributed by atoms with E-state index in [1.807, 2.05) is 30.5 Å². The predicted octanol–water partition coefficient (Wildman–Crippen LogP) is 4.25. The van der Waals surface area contributed by atoms with Crippen molar-refractivity contribution in [3.8, 4) is 0 Å². The lowest BCUT2D eigenvalue weighted by atomic mass is 10.0. The molecule has 1 saturated heterocycles. The third kappa shape index (κ3) is 5.15. The Morgan fingerprint density at radius 2 is 1.80 bits per heavy atom. The van der Waals surface area contributed by atoms with Gasteiger partial charge in [-0.15, -0.1) is 0 Å². The van der Waals surface area contributed by atoms with Crippen molar-refractivity contribution in [3.05, 3.63) is 70.2 Å². The topological polar surface area (TPSA) is 83.4 Å². The summed E-state index contributed by atoms with van der Waals surface area (Å²) in [5.74, 6) is 1.28. The Labute approximate surface area is 200 Å². The fraction of sp³-hybridized carbons (Fsp3) is 0.375. The van der Waals surface area contributed by atoms with Gasteiger partial charge in [0, 0.05) is 49.4 Å². The molecular weight excluding hydrogens is 459 g/mol. The summed E-state index contributed by atoms with van der Waals surface area (Å²) in [6.07, 6.45) is -3.94. The summed E-state index contributed by atoms with van der Waals surface area (Å²) in [5.41, 5.74) is 4.29. The summed E-state index contributed by atoms with van der Waals surface area (Å²) in [4.78, 5) is 7.12. The van der Waals surface area contributed by atoms with Crippen LogP contribution in [0, 0.1) is 13.8 Å². The number of hydrogen-bond acceptors (Lipinski definition) is 6. The summed E-state index contributed by atoms with van der Waals surface area (Å²) in [6.45, 7) is 7.50. The SMILES string of the molecule is Cc1cc(Nc2cc(CN3CCOCC3)n3nc(C)c(Cc4ccc(C(F)(F)F)cc4)c3n2)n[nH]1. The van der Waals surface area contributed by atoms with Crippen LogP contribution in [0.2, 0.25) is 0 Å². The van der Waals surface area contributed by atoms with Gasteiger partial charge >= 0.3 is 6.18 Å². The molecule has 0 aliphatic carbocycles. The average molecular weight is 486 g/mol. The number of rotatable bonds is 6. The molecule has 11 heteroatoms. The minimum Gasteiger partial charge on any atom is -0.379 e. The van der Waals surface area contributed by atoms with Crippen LogP contribution in [0.3, 0.4) is 0 Å². The van der Waals surface area contributed by atoms with Crippen LogP contribution in [0.4, 0.5) is 24.8 Å². The molecule has 0 amide bonds. The van der Waals surface area contributed by atoms with Gasteiger partial charge in [0.1, 0.15) is 5.82 Å². The van der Waals surface area contributed by atoms with Crippen LogP contribution in [0.25, 0.3) is 5.65 Å². The molecule has 0 radical (unpaired) electrons. The number of aromatic nitrogens is 5. The number of ether oxygens (including phenoxy) is 1. The zero-order valence-corrected chi connectivity index (χ0v) is 19.5.